The van der Waals surface area contributed by atoms with Crippen LogP contribution < -0.4 is 11.1 Å². The normalized spacial score (nSPS) is 22.7. The number of rotatable bonds is 4. The molecule has 2 atom stereocenters. The fourth-order valence-electron chi connectivity index (χ4n) is 2.51. The molecule has 1 aromatic rings. The van der Waals surface area contributed by atoms with Crippen molar-refractivity contribution in [1.82, 2.24) is 5.32 Å². The van der Waals surface area contributed by atoms with E-state index in [-0.39, 0.29) is 17.9 Å². The summed E-state index contributed by atoms with van der Waals surface area (Å²) in [6, 6.07) is 9.87. The van der Waals surface area contributed by atoms with E-state index in [1.54, 1.807) is 0 Å². The van der Waals surface area contributed by atoms with Crippen LogP contribution in [0.3, 0.4) is 0 Å². The summed E-state index contributed by atoms with van der Waals surface area (Å²) < 4.78 is 0. The molecule has 4 heteroatoms. The predicted octanol–water partition coefficient (Wildman–Crippen LogP) is 1.80. The summed E-state index contributed by atoms with van der Waals surface area (Å²) in [7, 11) is 0. The van der Waals surface area contributed by atoms with E-state index in [0.29, 0.717) is 11.4 Å². The van der Waals surface area contributed by atoms with E-state index in [1.165, 1.54) is 0 Å². The molecular weight excluding hydrogens is 244 g/mol. The Balaban J connectivity index is 1.90. The van der Waals surface area contributed by atoms with Gasteiger partial charge in [-0.1, -0.05) is 49.0 Å². The molecule has 1 fully saturated rings. The minimum Gasteiger partial charge on any atom is -0.393 e. The average Bonchev–Trinajstić information content (AvgIpc) is 2.78. The molecule has 1 saturated carbocycles. The average molecular weight is 262 g/mol. The lowest BCUT2D eigenvalue weighted by atomic mass is 10.0. The van der Waals surface area contributed by atoms with E-state index in [4.69, 9.17) is 18.0 Å². The molecule has 1 aliphatic carbocycles. The highest BCUT2D eigenvalue weighted by molar-refractivity contribution is 7.80. The lowest BCUT2D eigenvalue weighted by Crippen LogP contribution is -2.42. The van der Waals surface area contributed by atoms with Crippen molar-refractivity contribution >= 4 is 23.1 Å². The molecule has 0 heterocycles. The Kier molecular flexibility index (Phi) is 4.31. The molecule has 1 aromatic carbocycles. The number of nitrogens with two attached hydrogens (primary N) is 1. The van der Waals surface area contributed by atoms with Crippen molar-refractivity contribution in [2.45, 2.75) is 31.7 Å². The number of nitrogens with one attached hydrogen (secondary N) is 1. The number of hydrogen-bond donors (Lipinski definition) is 2. The third kappa shape index (κ3) is 3.29. The van der Waals surface area contributed by atoms with Gasteiger partial charge in [0.25, 0.3) is 0 Å². The first-order valence-electron chi connectivity index (χ1n) is 6.29. The van der Waals surface area contributed by atoms with E-state index >= 15 is 0 Å². The van der Waals surface area contributed by atoms with Crippen LogP contribution in [0.5, 0.6) is 0 Å². The Labute approximate surface area is 113 Å². The number of carbonyl (C=O) groups is 1. The van der Waals surface area contributed by atoms with Gasteiger partial charge < -0.3 is 11.1 Å². The Morgan fingerprint density at radius 1 is 1.33 bits per heavy atom. The second-order valence-corrected chi connectivity index (χ2v) is 5.25. The van der Waals surface area contributed by atoms with Crippen LogP contribution in [0.1, 0.15) is 24.8 Å². The van der Waals surface area contributed by atoms with Crippen LogP contribution in [0.4, 0.5) is 0 Å². The monoisotopic (exact) mass is 262 g/mol. The topological polar surface area (TPSA) is 55.1 Å². The fraction of sp³-hybridized carbons (Fsp3) is 0.429. The third-order valence-corrected chi connectivity index (χ3v) is 3.74. The first-order chi connectivity index (χ1) is 8.66. The SMILES string of the molecule is NC(=S)C1CCCC1NC(=O)Cc1ccccc1. The van der Waals surface area contributed by atoms with E-state index in [0.717, 1.165) is 24.8 Å². The second kappa shape index (κ2) is 5.96. The molecule has 2 unspecified atom stereocenters. The van der Waals surface area contributed by atoms with Gasteiger partial charge in [-0.05, 0) is 18.4 Å². The summed E-state index contributed by atoms with van der Waals surface area (Å²) in [5, 5.41) is 3.05. The van der Waals surface area contributed by atoms with Gasteiger partial charge in [-0.3, -0.25) is 4.79 Å². The molecule has 1 aliphatic rings. The van der Waals surface area contributed by atoms with Gasteiger partial charge in [0, 0.05) is 12.0 Å². The molecule has 1 amide bonds. The largest absolute Gasteiger partial charge is 0.393 e. The lowest BCUT2D eigenvalue weighted by Gasteiger charge is -2.19. The minimum atomic E-state index is 0.0503. The van der Waals surface area contributed by atoms with Crippen LogP contribution in [0.25, 0.3) is 0 Å². The first-order valence-corrected chi connectivity index (χ1v) is 6.70. The maximum atomic E-state index is 11.9. The number of thiocarbonyl (C=S) groups is 1. The van der Waals surface area contributed by atoms with Crippen LogP contribution >= 0.6 is 12.2 Å². The summed E-state index contributed by atoms with van der Waals surface area (Å²) in [6.45, 7) is 0. The Hall–Kier alpha value is -1.42. The fourth-order valence-corrected chi connectivity index (χ4v) is 2.79. The van der Waals surface area contributed by atoms with Gasteiger partial charge in [-0.25, -0.2) is 0 Å². The molecule has 0 spiro atoms. The standard InChI is InChI=1S/C14H18N2OS/c15-14(18)11-7-4-8-12(11)16-13(17)9-10-5-2-1-3-6-10/h1-3,5-6,11-12H,4,7-9H2,(H2,15,18)(H,16,17). The number of amides is 1. The van der Waals surface area contributed by atoms with E-state index in [9.17, 15) is 4.79 Å². The van der Waals surface area contributed by atoms with Gasteiger partial charge in [-0.15, -0.1) is 0 Å². The summed E-state index contributed by atoms with van der Waals surface area (Å²) in [6.07, 6.45) is 3.47. The molecule has 3 nitrogen and oxygen atoms in total. The van der Waals surface area contributed by atoms with Gasteiger partial charge in [0.15, 0.2) is 0 Å². The van der Waals surface area contributed by atoms with Crippen molar-refractivity contribution < 1.29 is 4.79 Å². The van der Waals surface area contributed by atoms with Gasteiger partial charge in [0.2, 0.25) is 5.91 Å². The number of benzene rings is 1. The lowest BCUT2D eigenvalue weighted by molar-refractivity contribution is -0.121. The van der Waals surface area contributed by atoms with Crippen LogP contribution in [0.2, 0.25) is 0 Å². The van der Waals surface area contributed by atoms with Gasteiger partial charge in [0.1, 0.15) is 0 Å². The Bertz CT molecular complexity index is 433. The molecule has 0 aromatic heterocycles. The summed E-state index contributed by atoms with van der Waals surface area (Å²) in [5.74, 6) is 0.217. The Morgan fingerprint density at radius 2 is 2.06 bits per heavy atom. The molecule has 3 N–H and O–H groups in total. The second-order valence-electron chi connectivity index (χ2n) is 4.78. The van der Waals surface area contributed by atoms with E-state index in [2.05, 4.69) is 5.32 Å². The quantitative estimate of drug-likeness (QED) is 0.814. The van der Waals surface area contributed by atoms with E-state index < -0.39 is 0 Å². The highest BCUT2D eigenvalue weighted by Crippen LogP contribution is 2.25. The van der Waals surface area contributed by atoms with Crippen molar-refractivity contribution in [2.24, 2.45) is 11.7 Å². The summed E-state index contributed by atoms with van der Waals surface area (Å²) >= 11 is 5.04. The minimum absolute atomic E-state index is 0.0503. The molecule has 0 saturated heterocycles. The van der Waals surface area contributed by atoms with Crippen molar-refractivity contribution in [3.63, 3.8) is 0 Å². The molecule has 18 heavy (non-hydrogen) atoms. The van der Waals surface area contributed by atoms with Crippen molar-refractivity contribution in [3.8, 4) is 0 Å². The van der Waals surface area contributed by atoms with E-state index in [1.807, 2.05) is 30.3 Å². The van der Waals surface area contributed by atoms with Crippen LogP contribution in [-0.4, -0.2) is 16.9 Å². The zero-order valence-corrected chi connectivity index (χ0v) is 11.1. The maximum Gasteiger partial charge on any atom is 0.224 e. The van der Waals surface area contributed by atoms with Crippen molar-refractivity contribution in [2.75, 3.05) is 0 Å². The zero-order chi connectivity index (χ0) is 13.0. The molecule has 96 valence electrons. The molecule has 0 radical (unpaired) electrons. The maximum absolute atomic E-state index is 11.9. The van der Waals surface area contributed by atoms with Crippen LogP contribution in [0.15, 0.2) is 30.3 Å². The molecule has 0 aliphatic heterocycles. The Morgan fingerprint density at radius 3 is 2.72 bits per heavy atom. The molecule has 2 rings (SSSR count). The highest BCUT2D eigenvalue weighted by Gasteiger charge is 2.30. The summed E-state index contributed by atoms with van der Waals surface area (Å²) in [4.78, 5) is 12.5. The van der Waals surface area contributed by atoms with Gasteiger partial charge >= 0.3 is 0 Å². The van der Waals surface area contributed by atoms with Crippen LogP contribution in [-0.2, 0) is 11.2 Å². The summed E-state index contributed by atoms with van der Waals surface area (Å²) in [5.41, 5.74) is 6.72. The van der Waals surface area contributed by atoms with Gasteiger partial charge in [-0.2, -0.15) is 0 Å². The van der Waals surface area contributed by atoms with Gasteiger partial charge in [0.05, 0.1) is 11.4 Å². The third-order valence-electron chi connectivity index (χ3n) is 3.44. The smallest absolute Gasteiger partial charge is 0.224 e. The molecule has 0 bridgehead atoms. The predicted molar refractivity (Wildman–Crippen MR) is 76.2 cm³/mol. The highest BCUT2D eigenvalue weighted by atomic mass is 32.1. The van der Waals surface area contributed by atoms with Crippen molar-refractivity contribution in [1.29, 1.82) is 0 Å². The van der Waals surface area contributed by atoms with Crippen LogP contribution in [0, 0.1) is 5.92 Å². The number of carbonyl (C=O) groups excluding carboxylic acids is 1. The zero-order valence-electron chi connectivity index (χ0n) is 10.3. The van der Waals surface area contributed by atoms with Crippen molar-refractivity contribution in [3.05, 3.63) is 35.9 Å². The number of hydrogen-bond acceptors (Lipinski definition) is 2. The first kappa shape index (κ1) is 13.0. The molecular formula is C14H18N2OS.